The third kappa shape index (κ3) is 4.72. The van der Waals surface area contributed by atoms with E-state index in [4.69, 9.17) is 23.2 Å². The highest BCUT2D eigenvalue weighted by Crippen LogP contribution is 2.36. The monoisotopic (exact) mass is 504 g/mol. The van der Waals surface area contributed by atoms with Crippen molar-refractivity contribution in [2.24, 2.45) is 0 Å². The minimum atomic E-state index is -4.55. The number of nitrogens with one attached hydrogen (secondary N) is 2. The molecule has 176 valence electrons. The molecule has 4 nitrogen and oxygen atoms in total. The van der Waals surface area contributed by atoms with Crippen molar-refractivity contribution in [1.29, 1.82) is 0 Å². The molecule has 0 radical (unpaired) electrons. The van der Waals surface area contributed by atoms with Gasteiger partial charge in [0.15, 0.2) is 0 Å². The molecular weight excluding hydrogens is 484 g/mol. The van der Waals surface area contributed by atoms with Crippen LogP contribution in [0.3, 0.4) is 0 Å². The molecule has 0 saturated heterocycles. The molecule has 0 spiro atoms. The lowest BCUT2D eigenvalue weighted by molar-refractivity contribution is -0.140. The molecule has 0 bridgehead atoms. The summed E-state index contributed by atoms with van der Waals surface area (Å²) in [5.41, 5.74) is 1.45. The number of fused-ring (bicyclic) bond motifs is 2. The maximum atomic E-state index is 13.4. The quantitative estimate of drug-likeness (QED) is 0.296. The number of alkyl halides is 3. The van der Waals surface area contributed by atoms with E-state index in [0.29, 0.717) is 16.1 Å². The van der Waals surface area contributed by atoms with Gasteiger partial charge in [-0.1, -0.05) is 35.3 Å². The zero-order valence-corrected chi connectivity index (χ0v) is 19.5. The Morgan fingerprint density at radius 1 is 0.824 bits per heavy atom. The van der Waals surface area contributed by atoms with E-state index >= 15 is 0 Å². The lowest BCUT2D eigenvalue weighted by Crippen LogP contribution is -2.32. The molecule has 0 amide bonds. The Kier molecular flexibility index (Phi) is 6.16. The number of rotatable bonds is 4. The highest BCUT2D eigenvalue weighted by molar-refractivity contribution is 6.35. The van der Waals surface area contributed by atoms with Gasteiger partial charge in [-0.15, -0.1) is 0 Å². The number of halogens is 5. The molecule has 2 N–H and O–H groups in total. The first-order chi connectivity index (χ1) is 16.3. The Labute approximate surface area is 204 Å². The number of benzene rings is 2. The van der Waals surface area contributed by atoms with E-state index in [0.717, 1.165) is 48.3 Å². The first-order valence-electron chi connectivity index (χ1n) is 11.0. The van der Waals surface area contributed by atoms with E-state index in [-0.39, 0.29) is 22.6 Å². The van der Waals surface area contributed by atoms with Crippen LogP contribution in [0.2, 0.25) is 10.0 Å². The SMILES string of the molecule is FC(F)(F)c1cc(NC2CCC(Nc3ccnc4cc(Cl)ccc34)CC2)c2cccc(Cl)c2n1. The number of anilines is 2. The van der Waals surface area contributed by atoms with Gasteiger partial charge in [0.05, 0.1) is 16.1 Å². The third-order valence-corrected chi connectivity index (χ3v) is 6.77. The Balaban J connectivity index is 1.31. The maximum Gasteiger partial charge on any atom is 0.433 e. The van der Waals surface area contributed by atoms with Crippen LogP contribution < -0.4 is 10.6 Å². The molecule has 1 saturated carbocycles. The van der Waals surface area contributed by atoms with Crippen molar-refractivity contribution in [1.82, 2.24) is 9.97 Å². The summed E-state index contributed by atoms with van der Waals surface area (Å²) in [6.45, 7) is 0. The summed E-state index contributed by atoms with van der Waals surface area (Å²) in [6.07, 6.45) is 0.599. The van der Waals surface area contributed by atoms with Crippen LogP contribution in [0.4, 0.5) is 24.5 Å². The lowest BCUT2D eigenvalue weighted by Gasteiger charge is -2.31. The average molecular weight is 505 g/mol. The Hall–Kier alpha value is -2.77. The number of aromatic nitrogens is 2. The zero-order valence-electron chi connectivity index (χ0n) is 18.0. The van der Waals surface area contributed by atoms with Crippen LogP contribution >= 0.6 is 23.2 Å². The minimum absolute atomic E-state index is 0.0525. The topological polar surface area (TPSA) is 49.8 Å². The Bertz CT molecular complexity index is 1350. The second kappa shape index (κ2) is 9.12. The highest BCUT2D eigenvalue weighted by Gasteiger charge is 2.34. The smallest absolute Gasteiger partial charge is 0.382 e. The van der Waals surface area contributed by atoms with E-state index in [1.807, 2.05) is 24.3 Å². The summed E-state index contributed by atoms with van der Waals surface area (Å²) in [7, 11) is 0. The summed E-state index contributed by atoms with van der Waals surface area (Å²) < 4.78 is 40.3. The molecule has 0 atom stereocenters. The molecule has 1 fully saturated rings. The summed E-state index contributed by atoms with van der Waals surface area (Å²) >= 11 is 12.2. The van der Waals surface area contributed by atoms with Crippen molar-refractivity contribution in [3.05, 3.63) is 70.5 Å². The fraction of sp³-hybridized carbons (Fsp3) is 0.280. The number of pyridine rings is 2. The molecule has 2 aromatic heterocycles. The first kappa shape index (κ1) is 23.0. The lowest BCUT2D eigenvalue weighted by atomic mass is 9.90. The predicted octanol–water partition coefficient (Wildman–Crippen LogP) is 7.94. The number of hydrogen-bond acceptors (Lipinski definition) is 4. The third-order valence-electron chi connectivity index (χ3n) is 6.23. The summed E-state index contributed by atoms with van der Waals surface area (Å²) in [4.78, 5) is 8.15. The van der Waals surface area contributed by atoms with Crippen LogP contribution in [0.1, 0.15) is 31.4 Å². The molecule has 0 unspecified atom stereocenters. The van der Waals surface area contributed by atoms with E-state index in [1.54, 1.807) is 24.4 Å². The van der Waals surface area contributed by atoms with Gasteiger partial charge in [-0.25, -0.2) is 4.98 Å². The fourth-order valence-electron chi connectivity index (χ4n) is 4.55. The maximum absolute atomic E-state index is 13.4. The fourth-order valence-corrected chi connectivity index (χ4v) is 4.93. The van der Waals surface area contributed by atoms with Crippen molar-refractivity contribution in [2.45, 2.75) is 43.9 Å². The van der Waals surface area contributed by atoms with Gasteiger partial charge in [-0.05, 0) is 62.1 Å². The van der Waals surface area contributed by atoms with Gasteiger partial charge in [0.25, 0.3) is 0 Å². The van der Waals surface area contributed by atoms with Crippen LogP contribution in [0.5, 0.6) is 0 Å². The standard InChI is InChI=1S/C25H21Cl2F3N4/c26-14-4-9-17-20(10-11-31-21(17)12-14)32-15-5-7-16(8-6-15)33-22-13-23(25(28,29)30)34-24-18(22)2-1-3-19(24)27/h1-4,9-13,15-16H,5-8H2,(H,31,32)(H,33,34). The molecule has 2 heterocycles. The molecule has 5 rings (SSSR count). The van der Waals surface area contributed by atoms with E-state index < -0.39 is 11.9 Å². The number of para-hydroxylation sites is 1. The van der Waals surface area contributed by atoms with Gasteiger partial charge in [-0.3, -0.25) is 4.98 Å². The number of hydrogen-bond donors (Lipinski definition) is 2. The highest BCUT2D eigenvalue weighted by atomic mass is 35.5. The first-order valence-corrected chi connectivity index (χ1v) is 11.8. The van der Waals surface area contributed by atoms with Crippen LogP contribution in [0, 0.1) is 0 Å². The van der Waals surface area contributed by atoms with Gasteiger partial charge < -0.3 is 10.6 Å². The van der Waals surface area contributed by atoms with Gasteiger partial charge >= 0.3 is 6.18 Å². The summed E-state index contributed by atoms with van der Waals surface area (Å²) in [5.74, 6) is 0. The van der Waals surface area contributed by atoms with Crippen molar-refractivity contribution in [3.63, 3.8) is 0 Å². The number of nitrogens with zero attached hydrogens (tertiary/aromatic N) is 2. The van der Waals surface area contributed by atoms with E-state index in [9.17, 15) is 13.2 Å². The van der Waals surface area contributed by atoms with E-state index in [1.165, 1.54) is 0 Å². The van der Waals surface area contributed by atoms with Crippen LogP contribution in [-0.4, -0.2) is 22.1 Å². The van der Waals surface area contributed by atoms with Crippen molar-refractivity contribution in [3.8, 4) is 0 Å². The second-order valence-corrected chi connectivity index (χ2v) is 9.39. The molecule has 1 aliphatic carbocycles. The molecule has 9 heteroatoms. The summed E-state index contributed by atoms with van der Waals surface area (Å²) in [6, 6.07) is 14.0. The van der Waals surface area contributed by atoms with Gasteiger partial charge in [0.1, 0.15) is 5.69 Å². The molecule has 0 aliphatic heterocycles. The molecule has 34 heavy (non-hydrogen) atoms. The average Bonchev–Trinajstić information content (AvgIpc) is 2.80. The molecule has 1 aliphatic rings. The second-order valence-electron chi connectivity index (χ2n) is 8.55. The van der Waals surface area contributed by atoms with Crippen molar-refractivity contribution >= 4 is 56.4 Å². The van der Waals surface area contributed by atoms with Crippen molar-refractivity contribution in [2.75, 3.05) is 10.6 Å². The molecule has 4 aromatic rings. The zero-order chi connectivity index (χ0) is 23.9. The van der Waals surface area contributed by atoms with E-state index in [2.05, 4.69) is 20.6 Å². The normalized spacial score (nSPS) is 18.9. The minimum Gasteiger partial charge on any atom is -0.382 e. The Morgan fingerprint density at radius 3 is 2.24 bits per heavy atom. The Morgan fingerprint density at radius 2 is 1.53 bits per heavy atom. The molecular formula is C25H21Cl2F3N4. The predicted molar refractivity (Wildman–Crippen MR) is 132 cm³/mol. The largest absolute Gasteiger partial charge is 0.433 e. The summed E-state index contributed by atoms with van der Waals surface area (Å²) in [5, 5.41) is 9.37. The van der Waals surface area contributed by atoms with Crippen molar-refractivity contribution < 1.29 is 13.2 Å². The van der Waals surface area contributed by atoms with Crippen LogP contribution in [-0.2, 0) is 6.18 Å². The molecule has 2 aromatic carbocycles. The van der Waals surface area contributed by atoms with Gasteiger partial charge in [0, 0.05) is 45.5 Å². The van der Waals surface area contributed by atoms with Crippen LogP contribution in [0.25, 0.3) is 21.8 Å². The van der Waals surface area contributed by atoms with Gasteiger partial charge in [0.2, 0.25) is 0 Å². The van der Waals surface area contributed by atoms with Crippen LogP contribution in [0.15, 0.2) is 54.7 Å². The van der Waals surface area contributed by atoms with Gasteiger partial charge in [-0.2, -0.15) is 13.2 Å².